The zero-order valence-corrected chi connectivity index (χ0v) is 12.5. The largest absolute Gasteiger partial charge is 0.370 e. The highest BCUT2D eigenvalue weighted by molar-refractivity contribution is 6.30. The first-order chi connectivity index (χ1) is 9.70. The number of carbonyl (C=O) groups excluding carboxylic acids is 1. The summed E-state index contributed by atoms with van der Waals surface area (Å²) in [4.78, 5) is 14.0. The maximum Gasteiger partial charge on any atom is 0.224 e. The second kappa shape index (κ2) is 7.62. The van der Waals surface area contributed by atoms with Crippen LogP contribution in [0.3, 0.4) is 0 Å². The summed E-state index contributed by atoms with van der Waals surface area (Å²) in [5.41, 5.74) is 1.07. The van der Waals surface area contributed by atoms with E-state index in [0.29, 0.717) is 31.1 Å². The summed E-state index contributed by atoms with van der Waals surface area (Å²) in [6, 6.07) is 7.62. The highest BCUT2D eigenvalue weighted by Crippen LogP contribution is 2.23. The Morgan fingerprint density at radius 3 is 2.90 bits per heavy atom. The van der Waals surface area contributed by atoms with E-state index < -0.39 is 0 Å². The van der Waals surface area contributed by atoms with Gasteiger partial charge in [-0.2, -0.15) is 0 Å². The van der Waals surface area contributed by atoms with Crippen LogP contribution in [0.25, 0.3) is 0 Å². The molecule has 1 aromatic carbocycles. The second-order valence-electron chi connectivity index (χ2n) is 4.85. The minimum atomic E-state index is -0.0518. The number of rotatable bonds is 5. The fraction of sp³-hybridized carbons (Fsp3) is 0.533. The number of benzene rings is 1. The Labute approximate surface area is 125 Å². The molecule has 110 valence electrons. The van der Waals surface area contributed by atoms with Crippen LogP contribution in [0.15, 0.2) is 24.3 Å². The molecular formula is C15H21ClN2O2. The van der Waals surface area contributed by atoms with Crippen molar-refractivity contribution in [2.24, 2.45) is 0 Å². The molecule has 0 aromatic heterocycles. The molecule has 1 aliphatic heterocycles. The van der Waals surface area contributed by atoms with Crippen LogP contribution in [-0.4, -0.2) is 43.6 Å². The smallest absolute Gasteiger partial charge is 0.224 e. The summed E-state index contributed by atoms with van der Waals surface area (Å²) < 4.78 is 5.76. The predicted molar refractivity (Wildman–Crippen MR) is 79.9 cm³/mol. The molecule has 1 saturated heterocycles. The highest BCUT2D eigenvalue weighted by Gasteiger charge is 2.24. The normalized spacial score (nSPS) is 19.1. The number of nitrogens with one attached hydrogen (secondary N) is 1. The number of hydrogen-bond donors (Lipinski definition) is 1. The van der Waals surface area contributed by atoms with Crippen LogP contribution in [0, 0.1) is 0 Å². The molecule has 1 N–H and O–H groups in total. The van der Waals surface area contributed by atoms with Crippen molar-refractivity contribution < 1.29 is 9.53 Å². The predicted octanol–water partition coefficient (Wildman–Crippen LogP) is 2.24. The Balaban J connectivity index is 1.91. The maximum atomic E-state index is 12.1. The zero-order valence-electron chi connectivity index (χ0n) is 11.8. The molecule has 1 fully saturated rings. The first kappa shape index (κ1) is 15.3. The first-order valence-electron chi connectivity index (χ1n) is 7.06. The number of morpholine rings is 1. The molecule has 20 heavy (non-hydrogen) atoms. The van der Waals surface area contributed by atoms with Crippen LogP contribution in [0.1, 0.15) is 25.0 Å². The molecule has 1 heterocycles. The molecule has 1 amide bonds. The van der Waals surface area contributed by atoms with E-state index in [9.17, 15) is 4.79 Å². The summed E-state index contributed by atoms with van der Waals surface area (Å²) in [5, 5.41) is 3.89. The third-order valence-electron chi connectivity index (χ3n) is 3.43. The summed E-state index contributed by atoms with van der Waals surface area (Å²) >= 11 is 5.89. The quantitative estimate of drug-likeness (QED) is 0.847. The third-order valence-corrected chi connectivity index (χ3v) is 3.68. The van der Waals surface area contributed by atoms with E-state index in [4.69, 9.17) is 16.3 Å². The minimum Gasteiger partial charge on any atom is -0.370 e. The van der Waals surface area contributed by atoms with Crippen molar-refractivity contribution in [3.05, 3.63) is 34.9 Å². The van der Waals surface area contributed by atoms with E-state index in [1.807, 2.05) is 36.1 Å². The number of halogens is 1. The van der Waals surface area contributed by atoms with Gasteiger partial charge < -0.3 is 15.0 Å². The molecule has 0 bridgehead atoms. The molecule has 4 nitrogen and oxygen atoms in total. The average molecular weight is 297 g/mol. The lowest BCUT2D eigenvalue weighted by molar-refractivity contribution is -0.138. The first-order valence-corrected chi connectivity index (χ1v) is 7.44. The van der Waals surface area contributed by atoms with E-state index >= 15 is 0 Å². The van der Waals surface area contributed by atoms with Crippen LogP contribution in [0.2, 0.25) is 5.02 Å². The Morgan fingerprint density at radius 2 is 2.20 bits per heavy atom. The molecule has 1 unspecified atom stereocenters. The molecule has 0 saturated carbocycles. The average Bonchev–Trinajstić information content (AvgIpc) is 2.48. The van der Waals surface area contributed by atoms with Crippen molar-refractivity contribution in [1.29, 1.82) is 0 Å². The lowest BCUT2D eigenvalue weighted by Gasteiger charge is -2.33. The monoisotopic (exact) mass is 296 g/mol. The van der Waals surface area contributed by atoms with Gasteiger partial charge in [-0.1, -0.05) is 30.7 Å². The molecule has 0 aliphatic carbocycles. The van der Waals surface area contributed by atoms with Crippen LogP contribution in [0.4, 0.5) is 0 Å². The summed E-state index contributed by atoms with van der Waals surface area (Å²) in [7, 11) is 0. The maximum absolute atomic E-state index is 12.1. The van der Waals surface area contributed by atoms with Crippen molar-refractivity contribution in [3.8, 4) is 0 Å². The van der Waals surface area contributed by atoms with Gasteiger partial charge in [0.2, 0.25) is 5.91 Å². The summed E-state index contributed by atoms with van der Waals surface area (Å²) in [5.74, 6) is 0.188. The van der Waals surface area contributed by atoms with Crippen molar-refractivity contribution >= 4 is 17.5 Å². The molecule has 5 heteroatoms. The van der Waals surface area contributed by atoms with Crippen molar-refractivity contribution in [1.82, 2.24) is 10.2 Å². The van der Waals surface area contributed by atoms with Gasteiger partial charge in [0.15, 0.2) is 0 Å². The molecular weight excluding hydrogens is 276 g/mol. The molecule has 1 aromatic rings. The Kier molecular flexibility index (Phi) is 5.83. The number of carbonyl (C=O) groups is 1. The Bertz CT molecular complexity index is 436. The molecule has 0 radical (unpaired) electrons. The van der Waals surface area contributed by atoms with E-state index in [1.165, 1.54) is 0 Å². The lowest BCUT2D eigenvalue weighted by atomic mass is 10.1. The van der Waals surface area contributed by atoms with Gasteiger partial charge in [-0.3, -0.25) is 4.79 Å². The Hall–Kier alpha value is -1.10. The number of ether oxygens (including phenoxy) is 1. The number of amides is 1. The van der Waals surface area contributed by atoms with Gasteiger partial charge in [-0.25, -0.2) is 0 Å². The molecule has 2 rings (SSSR count). The summed E-state index contributed by atoms with van der Waals surface area (Å²) in [6.45, 7) is 5.54. The van der Waals surface area contributed by atoms with Gasteiger partial charge in [0.1, 0.15) is 6.10 Å². The minimum absolute atomic E-state index is 0.0518. The van der Waals surface area contributed by atoms with Gasteiger partial charge in [0.25, 0.3) is 0 Å². The standard InChI is InChI=1S/C15H21ClN2O2/c1-2-17-8-7-15(19)18-9-10-20-14(11-18)12-3-5-13(16)6-4-12/h3-6,14,17H,2,7-11H2,1H3. The van der Waals surface area contributed by atoms with Crippen molar-refractivity contribution in [2.75, 3.05) is 32.8 Å². The van der Waals surface area contributed by atoms with Gasteiger partial charge in [-0.05, 0) is 24.2 Å². The van der Waals surface area contributed by atoms with Gasteiger partial charge in [0, 0.05) is 24.5 Å². The molecule has 1 atom stereocenters. The van der Waals surface area contributed by atoms with E-state index in [0.717, 1.165) is 18.7 Å². The van der Waals surface area contributed by atoms with Gasteiger partial charge in [-0.15, -0.1) is 0 Å². The Morgan fingerprint density at radius 1 is 1.45 bits per heavy atom. The third kappa shape index (κ3) is 4.20. The van der Waals surface area contributed by atoms with E-state index in [2.05, 4.69) is 5.32 Å². The SMILES string of the molecule is CCNCCC(=O)N1CCOC(c2ccc(Cl)cc2)C1. The fourth-order valence-electron chi connectivity index (χ4n) is 2.29. The summed E-state index contributed by atoms with van der Waals surface area (Å²) in [6.07, 6.45) is 0.491. The highest BCUT2D eigenvalue weighted by atomic mass is 35.5. The van der Waals surface area contributed by atoms with Gasteiger partial charge >= 0.3 is 0 Å². The lowest BCUT2D eigenvalue weighted by Crippen LogP contribution is -2.43. The molecule has 0 spiro atoms. The van der Waals surface area contributed by atoms with Crippen LogP contribution in [-0.2, 0) is 9.53 Å². The second-order valence-corrected chi connectivity index (χ2v) is 5.29. The van der Waals surface area contributed by atoms with Crippen LogP contribution < -0.4 is 5.32 Å². The zero-order chi connectivity index (χ0) is 14.4. The van der Waals surface area contributed by atoms with Crippen molar-refractivity contribution in [3.63, 3.8) is 0 Å². The number of nitrogens with zero attached hydrogens (tertiary/aromatic N) is 1. The molecule has 1 aliphatic rings. The van der Waals surface area contributed by atoms with Gasteiger partial charge in [0.05, 0.1) is 13.2 Å². The number of hydrogen-bond acceptors (Lipinski definition) is 3. The van der Waals surface area contributed by atoms with E-state index in [1.54, 1.807) is 0 Å². The van der Waals surface area contributed by atoms with Crippen molar-refractivity contribution in [2.45, 2.75) is 19.4 Å². The fourth-order valence-corrected chi connectivity index (χ4v) is 2.41. The van der Waals surface area contributed by atoms with E-state index in [-0.39, 0.29) is 12.0 Å². The van der Waals surface area contributed by atoms with Crippen LogP contribution in [0.5, 0.6) is 0 Å². The topological polar surface area (TPSA) is 41.6 Å². The van der Waals surface area contributed by atoms with Crippen LogP contribution >= 0.6 is 11.6 Å².